The highest BCUT2D eigenvalue weighted by Gasteiger charge is 2.47. The summed E-state index contributed by atoms with van der Waals surface area (Å²) in [7, 11) is 2.74. The molecule has 3 aromatic rings. The number of ketones is 1. The molecule has 0 spiro atoms. The van der Waals surface area contributed by atoms with Gasteiger partial charge in [-0.05, 0) is 48.0 Å². The largest absolute Gasteiger partial charge is 0.507 e. The molecule has 3 aromatic carbocycles. The molecule has 38 heavy (non-hydrogen) atoms. The van der Waals surface area contributed by atoms with Gasteiger partial charge in [-0.2, -0.15) is 13.2 Å². The van der Waals surface area contributed by atoms with Gasteiger partial charge in [0.05, 0.1) is 36.3 Å². The zero-order valence-corrected chi connectivity index (χ0v) is 19.9. The first-order valence-corrected chi connectivity index (χ1v) is 10.9. The number of nitro groups is 1. The Hall–Kier alpha value is -4.87. The van der Waals surface area contributed by atoms with Crippen LogP contribution in [0, 0.1) is 10.1 Å². The number of anilines is 1. The Labute approximate surface area is 213 Å². The molecule has 1 aliphatic rings. The summed E-state index contributed by atoms with van der Waals surface area (Å²) in [4.78, 5) is 37.7. The van der Waals surface area contributed by atoms with Gasteiger partial charge in [-0.3, -0.25) is 24.6 Å². The molecular formula is C26H19F3N2O7. The lowest BCUT2D eigenvalue weighted by atomic mass is 9.94. The third kappa shape index (κ3) is 4.63. The molecule has 196 valence electrons. The van der Waals surface area contributed by atoms with E-state index in [1.165, 1.54) is 50.6 Å². The average molecular weight is 528 g/mol. The minimum absolute atomic E-state index is 0.0110. The zero-order chi connectivity index (χ0) is 27.8. The molecule has 4 rings (SSSR count). The molecule has 1 fully saturated rings. The lowest BCUT2D eigenvalue weighted by Crippen LogP contribution is -2.29. The molecular weight excluding hydrogens is 509 g/mol. The van der Waals surface area contributed by atoms with Crippen LogP contribution in [-0.2, 0) is 15.8 Å². The number of hydrogen-bond donors (Lipinski definition) is 1. The van der Waals surface area contributed by atoms with Gasteiger partial charge in [0.25, 0.3) is 17.4 Å². The Bertz CT molecular complexity index is 1470. The molecule has 0 radical (unpaired) electrons. The highest BCUT2D eigenvalue weighted by atomic mass is 19.4. The number of carbonyl (C=O) groups is 2. The van der Waals surface area contributed by atoms with E-state index in [9.17, 15) is 38.0 Å². The Balaban J connectivity index is 1.96. The molecule has 9 nitrogen and oxygen atoms in total. The normalized spacial score (nSPS) is 17.0. The number of carbonyl (C=O) groups excluding carboxylic acids is 2. The van der Waals surface area contributed by atoms with Crippen LogP contribution in [0.15, 0.2) is 72.3 Å². The van der Waals surface area contributed by atoms with Crippen molar-refractivity contribution in [2.75, 3.05) is 19.1 Å². The summed E-state index contributed by atoms with van der Waals surface area (Å²) in [6.45, 7) is 0. The van der Waals surface area contributed by atoms with Gasteiger partial charge in [0, 0.05) is 23.4 Å². The summed E-state index contributed by atoms with van der Waals surface area (Å²) in [5.74, 6) is -2.48. The van der Waals surface area contributed by atoms with Gasteiger partial charge < -0.3 is 14.6 Å². The number of ether oxygens (including phenoxy) is 2. The van der Waals surface area contributed by atoms with Crippen LogP contribution in [0.25, 0.3) is 5.76 Å². The molecule has 0 bridgehead atoms. The fourth-order valence-electron chi connectivity index (χ4n) is 4.17. The molecule has 12 heteroatoms. The maximum Gasteiger partial charge on any atom is 0.416 e. The Morgan fingerprint density at radius 1 is 0.974 bits per heavy atom. The minimum atomic E-state index is -4.72. The summed E-state index contributed by atoms with van der Waals surface area (Å²) < 4.78 is 50.9. The third-order valence-electron chi connectivity index (χ3n) is 5.97. The van der Waals surface area contributed by atoms with Gasteiger partial charge in [0.1, 0.15) is 5.76 Å². The number of aliphatic hydroxyl groups excluding tert-OH is 1. The Kier molecular flexibility index (Phi) is 6.81. The molecule has 1 heterocycles. The highest BCUT2D eigenvalue weighted by molar-refractivity contribution is 6.51. The number of amides is 1. The number of methoxy groups -OCH3 is 2. The van der Waals surface area contributed by atoms with Gasteiger partial charge in [-0.1, -0.05) is 12.1 Å². The van der Waals surface area contributed by atoms with Crippen molar-refractivity contribution in [3.05, 3.63) is 99.1 Å². The Morgan fingerprint density at radius 2 is 1.63 bits per heavy atom. The summed E-state index contributed by atoms with van der Waals surface area (Å²) >= 11 is 0. The minimum Gasteiger partial charge on any atom is -0.507 e. The van der Waals surface area contributed by atoms with Crippen molar-refractivity contribution < 1.29 is 42.3 Å². The van der Waals surface area contributed by atoms with E-state index in [1.54, 1.807) is 0 Å². The first kappa shape index (κ1) is 26.2. The molecule has 1 saturated heterocycles. The van der Waals surface area contributed by atoms with E-state index >= 15 is 0 Å². The molecule has 0 aromatic heterocycles. The number of hydrogen-bond acceptors (Lipinski definition) is 7. The number of nitro benzene ring substituents is 1. The van der Waals surface area contributed by atoms with Crippen LogP contribution in [0.3, 0.4) is 0 Å². The fraction of sp³-hybridized carbons (Fsp3) is 0.154. The van der Waals surface area contributed by atoms with E-state index in [-0.39, 0.29) is 28.3 Å². The van der Waals surface area contributed by atoms with Crippen molar-refractivity contribution in [3.63, 3.8) is 0 Å². The molecule has 1 atom stereocenters. The van der Waals surface area contributed by atoms with E-state index in [1.807, 2.05) is 0 Å². The van der Waals surface area contributed by atoms with E-state index in [4.69, 9.17) is 9.47 Å². The fourth-order valence-corrected chi connectivity index (χ4v) is 4.17. The van der Waals surface area contributed by atoms with Crippen LogP contribution < -0.4 is 14.4 Å². The number of rotatable bonds is 6. The number of halogens is 3. The number of Topliss-reactive ketones (excluding diaryl/α,β-unsaturated/α-hetero) is 1. The van der Waals surface area contributed by atoms with Crippen LogP contribution in [0.4, 0.5) is 24.5 Å². The average Bonchev–Trinajstić information content (AvgIpc) is 3.17. The van der Waals surface area contributed by atoms with Crippen molar-refractivity contribution in [3.8, 4) is 11.5 Å². The predicted octanol–water partition coefficient (Wildman–Crippen LogP) is 5.26. The first-order chi connectivity index (χ1) is 18.0. The van der Waals surface area contributed by atoms with Gasteiger partial charge in [-0.15, -0.1) is 0 Å². The van der Waals surface area contributed by atoms with Crippen molar-refractivity contribution in [1.82, 2.24) is 0 Å². The maximum atomic E-state index is 13.4. The van der Waals surface area contributed by atoms with Gasteiger partial charge in [0.2, 0.25) is 0 Å². The monoisotopic (exact) mass is 528 g/mol. The van der Waals surface area contributed by atoms with Crippen LogP contribution in [0.1, 0.15) is 22.7 Å². The van der Waals surface area contributed by atoms with Crippen molar-refractivity contribution >= 4 is 28.8 Å². The predicted molar refractivity (Wildman–Crippen MR) is 129 cm³/mol. The second-order valence-corrected chi connectivity index (χ2v) is 8.14. The maximum absolute atomic E-state index is 13.4. The smallest absolute Gasteiger partial charge is 0.416 e. The molecule has 1 aliphatic heterocycles. The molecule has 0 unspecified atom stereocenters. The van der Waals surface area contributed by atoms with Crippen LogP contribution in [0.2, 0.25) is 0 Å². The highest BCUT2D eigenvalue weighted by Crippen LogP contribution is 2.45. The summed E-state index contributed by atoms with van der Waals surface area (Å²) in [6.07, 6.45) is -4.72. The SMILES string of the molecule is COc1ccc([C@H]2/C(=C(\O)c3ccc([N+](=O)[O-])cc3)C(=O)C(=O)N2c2cccc(C(F)(F)F)c2)cc1OC. The van der Waals surface area contributed by atoms with E-state index < -0.39 is 45.7 Å². The summed E-state index contributed by atoms with van der Waals surface area (Å²) in [5, 5.41) is 22.1. The number of benzene rings is 3. The second-order valence-electron chi connectivity index (χ2n) is 8.14. The third-order valence-corrected chi connectivity index (χ3v) is 5.97. The van der Waals surface area contributed by atoms with Crippen molar-refractivity contribution in [2.45, 2.75) is 12.2 Å². The van der Waals surface area contributed by atoms with Gasteiger partial charge in [0.15, 0.2) is 11.5 Å². The van der Waals surface area contributed by atoms with Crippen molar-refractivity contribution in [2.24, 2.45) is 0 Å². The number of alkyl halides is 3. The van der Waals surface area contributed by atoms with E-state index in [2.05, 4.69) is 0 Å². The number of non-ortho nitro benzene ring substituents is 1. The lowest BCUT2D eigenvalue weighted by molar-refractivity contribution is -0.384. The molecule has 1 amide bonds. The second kappa shape index (κ2) is 9.88. The first-order valence-electron chi connectivity index (χ1n) is 10.9. The molecule has 0 aliphatic carbocycles. The van der Waals surface area contributed by atoms with E-state index in [0.29, 0.717) is 5.75 Å². The summed E-state index contributed by atoms with van der Waals surface area (Å²) in [6, 6.07) is 11.5. The van der Waals surface area contributed by atoms with Gasteiger partial charge in [-0.25, -0.2) is 0 Å². The number of aliphatic hydroxyl groups is 1. The van der Waals surface area contributed by atoms with E-state index in [0.717, 1.165) is 35.2 Å². The zero-order valence-electron chi connectivity index (χ0n) is 19.9. The van der Waals surface area contributed by atoms with Gasteiger partial charge >= 0.3 is 6.18 Å². The molecule has 0 saturated carbocycles. The quantitative estimate of drug-likeness (QED) is 0.152. The Morgan fingerprint density at radius 3 is 2.21 bits per heavy atom. The van der Waals surface area contributed by atoms with Crippen LogP contribution in [0.5, 0.6) is 11.5 Å². The molecule has 1 N–H and O–H groups in total. The van der Waals surface area contributed by atoms with Crippen molar-refractivity contribution in [1.29, 1.82) is 0 Å². The standard InChI is InChI=1S/C26H19F3N2O7/c1-37-19-11-8-15(12-20(19)38-2)22-21(23(32)14-6-9-17(10-7-14)31(35)36)24(33)25(34)30(22)18-5-3-4-16(13-18)26(27,28)29/h3-13,22,32H,1-2H3/b23-21+/t22-/m0/s1. The van der Waals surface area contributed by atoms with Crippen LogP contribution in [-0.4, -0.2) is 35.9 Å². The number of nitrogens with zero attached hydrogens (tertiary/aromatic N) is 2. The topological polar surface area (TPSA) is 119 Å². The summed E-state index contributed by atoms with van der Waals surface area (Å²) in [5.41, 5.74) is -1.76. The van der Waals surface area contributed by atoms with Crippen LogP contribution >= 0.6 is 0 Å². The lowest BCUT2D eigenvalue weighted by Gasteiger charge is -2.26.